The van der Waals surface area contributed by atoms with E-state index in [1.165, 1.54) is 0 Å². The summed E-state index contributed by atoms with van der Waals surface area (Å²) in [7, 11) is 0. The molecule has 0 amide bonds. The van der Waals surface area contributed by atoms with Crippen LogP contribution < -0.4 is 10.6 Å². The van der Waals surface area contributed by atoms with Crippen LogP contribution in [0.2, 0.25) is 10.3 Å². The van der Waals surface area contributed by atoms with Gasteiger partial charge in [-0.2, -0.15) is 15.0 Å². The Bertz CT molecular complexity index is 606. The first-order chi connectivity index (χ1) is 10.1. The van der Waals surface area contributed by atoms with Gasteiger partial charge in [-0.3, -0.25) is 0 Å². The zero-order valence-electron chi connectivity index (χ0n) is 11.9. The fourth-order valence-electron chi connectivity index (χ4n) is 1.83. The molecule has 0 radical (unpaired) electrons. The van der Waals surface area contributed by atoms with Crippen LogP contribution in [-0.2, 0) is 0 Å². The van der Waals surface area contributed by atoms with Crippen LogP contribution in [0.1, 0.15) is 31.9 Å². The molecule has 2 N–H and O–H groups in total. The molecule has 0 aliphatic heterocycles. The normalized spacial score (nSPS) is 12.0. The average molecular weight is 326 g/mol. The molecule has 0 aliphatic rings. The number of benzene rings is 1. The van der Waals surface area contributed by atoms with E-state index in [0.717, 1.165) is 18.5 Å². The first-order valence-corrected chi connectivity index (χ1v) is 7.52. The van der Waals surface area contributed by atoms with Gasteiger partial charge in [-0.1, -0.05) is 36.7 Å². The summed E-state index contributed by atoms with van der Waals surface area (Å²) in [6.45, 7) is 4.83. The third-order valence-electron chi connectivity index (χ3n) is 2.86. The van der Waals surface area contributed by atoms with Gasteiger partial charge in [0.15, 0.2) is 0 Å². The van der Waals surface area contributed by atoms with Gasteiger partial charge in [-0.15, -0.1) is 0 Å². The third-order valence-corrected chi connectivity index (χ3v) is 3.37. The van der Waals surface area contributed by atoms with Crippen molar-refractivity contribution in [1.82, 2.24) is 15.0 Å². The molecule has 0 fully saturated rings. The van der Waals surface area contributed by atoms with Gasteiger partial charge in [0, 0.05) is 11.6 Å². The van der Waals surface area contributed by atoms with Crippen LogP contribution in [0.3, 0.4) is 0 Å². The van der Waals surface area contributed by atoms with E-state index in [0.29, 0.717) is 16.9 Å². The summed E-state index contributed by atoms with van der Waals surface area (Å²) in [5.74, 6) is 0.881. The predicted octanol–water partition coefficient (Wildman–Crippen LogP) is 4.17. The number of nitrogens with one attached hydrogen (secondary N) is 2. The monoisotopic (exact) mass is 325 g/mol. The average Bonchev–Trinajstić information content (AvgIpc) is 2.45. The molecule has 0 bridgehead atoms. The summed E-state index contributed by atoms with van der Waals surface area (Å²) in [6.07, 6.45) is 0.974. The minimum Gasteiger partial charge on any atom is -0.354 e. The molecule has 1 unspecified atom stereocenters. The fourth-order valence-corrected chi connectivity index (χ4v) is 2.29. The van der Waals surface area contributed by atoms with Gasteiger partial charge < -0.3 is 10.6 Å². The van der Waals surface area contributed by atoms with Crippen LogP contribution in [0, 0.1) is 0 Å². The molecule has 112 valence electrons. The molecule has 2 aromatic rings. The molecular weight excluding hydrogens is 309 g/mol. The summed E-state index contributed by atoms with van der Waals surface area (Å²) in [5, 5.41) is 7.12. The Morgan fingerprint density at radius 2 is 1.81 bits per heavy atom. The molecule has 1 heterocycles. The maximum atomic E-state index is 6.18. The highest BCUT2D eigenvalue weighted by Gasteiger charge is 2.12. The number of nitrogens with zero attached hydrogens (tertiary/aromatic N) is 3. The standard InChI is InChI=1S/C14H17Cl2N5/c1-3-8-17-13-19-12(16)20-14(21-13)18-9(2)10-6-4-5-7-11(10)15/h4-7,9H,3,8H2,1-2H3,(H2,17,18,19,20,21). The maximum absolute atomic E-state index is 6.18. The highest BCUT2D eigenvalue weighted by Crippen LogP contribution is 2.25. The van der Waals surface area contributed by atoms with Crippen molar-refractivity contribution in [3.8, 4) is 0 Å². The van der Waals surface area contributed by atoms with E-state index in [1.807, 2.05) is 31.2 Å². The van der Waals surface area contributed by atoms with E-state index in [-0.39, 0.29) is 11.3 Å². The molecule has 0 spiro atoms. The lowest BCUT2D eigenvalue weighted by Crippen LogP contribution is -2.13. The molecule has 0 aliphatic carbocycles. The van der Waals surface area contributed by atoms with Crippen molar-refractivity contribution in [1.29, 1.82) is 0 Å². The molecule has 0 saturated carbocycles. The number of hydrogen-bond acceptors (Lipinski definition) is 5. The fraction of sp³-hybridized carbons (Fsp3) is 0.357. The molecule has 1 aromatic heterocycles. The van der Waals surface area contributed by atoms with Crippen LogP contribution in [0.25, 0.3) is 0 Å². The van der Waals surface area contributed by atoms with Crippen LogP contribution >= 0.6 is 23.2 Å². The Kier molecular flexibility index (Phi) is 5.59. The van der Waals surface area contributed by atoms with Gasteiger partial charge in [0.05, 0.1) is 6.04 Å². The minimum atomic E-state index is -0.0452. The molecule has 5 nitrogen and oxygen atoms in total. The van der Waals surface area contributed by atoms with Gasteiger partial charge >= 0.3 is 0 Å². The van der Waals surface area contributed by atoms with Gasteiger partial charge in [0.1, 0.15) is 0 Å². The molecule has 1 atom stereocenters. The van der Waals surface area contributed by atoms with E-state index in [2.05, 4.69) is 32.5 Å². The Labute approximate surface area is 134 Å². The molecule has 1 aromatic carbocycles. The highest BCUT2D eigenvalue weighted by atomic mass is 35.5. The van der Waals surface area contributed by atoms with Crippen LogP contribution in [0.5, 0.6) is 0 Å². The lowest BCUT2D eigenvalue weighted by molar-refractivity contribution is 0.851. The van der Waals surface area contributed by atoms with Crippen LogP contribution in [0.4, 0.5) is 11.9 Å². The number of anilines is 2. The number of aromatic nitrogens is 3. The number of halogens is 2. The molecule has 0 saturated heterocycles. The van der Waals surface area contributed by atoms with E-state index >= 15 is 0 Å². The minimum absolute atomic E-state index is 0.0452. The highest BCUT2D eigenvalue weighted by molar-refractivity contribution is 6.31. The lowest BCUT2D eigenvalue weighted by Gasteiger charge is -2.16. The summed E-state index contributed by atoms with van der Waals surface area (Å²) >= 11 is 12.1. The number of hydrogen-bond donors (Lipinski definition) is 2. The summed E-state index contributed by atoms with van der Waals surface area (Å²) in [4.78, 5) is 12.4. The van der Waals surface area contributed by atoms with Crippen molar-refractivity contribution < 1.29 is 0 Å². The second kappa shape index (κ2) is 7.43. The lowest BCUT2D eigenvalue weighted by atomic mass is 10.1. The van der Waals surface area contributed by atoms with E-state index in [4.69, 9.17) is 23.2 Å². The number of rotatable bonds is 6. The summed E-state index contributed by atoms with van der Waals surface area (Å²) in [6, 6.07) is 7.60. The van der Waals surface area contributed by atoms with Crippen molar-refractivity contribution in [2.24, 2.45) is 0 Å². The smallest absolute Gasteiger partial charge is 0.229 e. The van der Waals surface area contributed by atoms with Crippen LogP contribution in [0.15, 0.2) is 24.3 Å². The third kappa shape index (κ3) is 4.44. The summed E-state index contributed by atoms with van der Waals surface area (Å²) in [5.41, 5.74) is 0.971. The van der Waals surface area contributed by atoms with Crippen molar-refractivity contribution in [2.45, 2.75) is 26.3 Å². The molecule has 7 heteroatoms. The van der Waals surface area contributed by atoms with Crippen molar-refractivity contribution in [3.63, 3.8) is 0 Å². The zero-order valence-corrected chi connectivity index (χ0v) is 13.4. The molecular formula is C14H17Cl2N5. The van der Waals surface area contributed by atoms with Gasteiger partial charge in [-0.25, -0.2) is 0 Å². The molecule has 21 heavy (non-hydrogen) atoms. The van der Waals surface area contributed by atoms with E-state index < -0.39 is 0 Å². The Morgan fingerprint density at radius 3 is 2.52 bits per heavy atom. The first-order valence-electron chi connectivity index (χ1n) is 6.76. The quantitative estimate of drug-likeness (QED) is 0.834. The van der Waals surface area contributed by atoms with Crippen molar-refractivity contribution >= 4 is 35.1 Å². The topological polar surface area (TPSA) is 62.7 Å². The maximum Gasteiger partial charge on any atom is 0.229 e. The van der Waals surface area contributed by atoms with Crippen LogP contribution in [-0.4, -0.2) is 21.5 Å². The SMILES string of the molecule is CCCNc1nc(Cl)nc(NC(C)c2ccccc2Cl)n1. The van der Waals surface area contributed by atoms with Gasteiger partial charge in [0.25, 0.3) is 0 Å². The molecule has 2 rings (SSSR count). The largest absolute Gasteiger partial charge is 0.354 e. The second-order valence-corrected chi connectivity index (χ2v) is 5.31. The Morgan fingerprint density at radius 1 is 1.10 bits per heavy atom. The second-order valence-electron chi connectivity index (χ2n) is 4.57. The Hall–Kier alpha value is -1.59. The van der Waals surface area contributed by atoms with E-state index in [9.17, 15) is 0 Å². The Balaban J connectivity index is 2.15. The van der Waals surface area contributed by atoms with Gasteiger partial charge in [0.2, 0.25) is 17.2 Å². The van der Waals surface area contributed by atoms with Crippen molar-refractivity contribution in [3.05, 3.63) is 40.1 Å². The predicted molar refractivity (Wildman–Crippen MR) is 87.1 cm³/mol. The van der Waals surface area contributed by atoms with E-state index in [1.54, 1.807) is 0 Å². The zero-order chi connectivity index (χ0) is 15.2. The van der Waals surface area contributed by atoms with Crippen molar-refractivity contribution in [2.75, 3.05) is 17.2 Å². The first kappa shape index (κ1) is 15.8. The van der Waals surface area contributed by atoms with Gasteiger partial charge in [-0.05, 0) is 36.6 Å². The summed E-state index contributed by atoms with van der Waals surface area (Å²) < 4.78 is 0.